The zero-order valence-electron chi connectivity index (χ0n) is 18.0. The summed E-state index contributed by atoms with van der Waals surface area (Å²) in [7, 11) is 0. The van der Waals surface area contributed by atoms with Gasteiger partial charge < -0.3 is 14.4 Å². The van der Waals surface area contributed by atoms with Gasteiger partial charge >= 0.3 is 0 Å². The number of ether oxygens (including phenoxy) is 2. The first kappa shape index (κ1) is 21.4. The van der Waals surface area contributed by atoms with Crippen LogP contribution >= 0.6 is 0 Å². The first-order valence-electron chi connectivity index (χ1n) is 10.3. The number of alkyl halides is 2. The van der Waals surface area contributed by atoms with Crippen LogP contribution in [0.15, 0.2) is 53.4 Å². The molecular formula is C24H31F2NO2. The van der Waals surface area contributed by atoms with Gasteiger partial charge in [-0.15, -0.1) is 0 Å². The van der Waals surface area contributed by atoms with Crippen LogP contribution in [0, 0.1) is 11.3 Å². The van der Waals surface area contributed by atoms with Crippen molar-refractivity contribution < 1.29 is 18.3 Å². The van der Waals surface area contributed by atoms with Crippen molar-refractivity contribution in [2.75, 3.05) is 19.8 Å². The van der Waals surface area contributed by atoms with Crippen molar-refractivity contribution in [3.05, 3.63) is 59.0 Å². The molecule has 1 aromatic rings. The van der Waals surface area contributed by atoms with Gasteiger partial charge in [-0.2, -0.15) is 0 Å². The van der Waals surface area contributed by atoms with Crippen molar-refractivity contribution in [1.82, 2.24) is 4.90 Å². The second kappa shape index (κ2) is 8.60. The fraction of sp³-hybridized carbons (Fsp3) is 0.500. The zero-order chi connectivity index (χ0) is 21.2. The smallest absolute Gasteiger partial charge is 0.272 e. The number of halogens is 2. The maximum Gasteiger partial charge on any atom is 0.272 e. The van der Waals surface area contributed by atoms with Crippen LogP contribution in [0.4, 0.5) is 8.78 Å². The maximum absolute atomic E-state index is 12.6. The summed E-state index contributed by atoms with van der Waals surface area (Å²) < 4.78 is 36.2. The number of rotatable bonds is 8. The highest BCUT2D eigenvalue weighted by Crippen LogP contribution is 2.54. The number of fused-ring (bicyclic) bond motifs is 1. The minimum Gasteiger partial charge on any atom is -0.493 e. The second-order valence-corrected chi connectivity index (χ2v) is 8.32. The predicted molar refractivity (Wildman–Crippen MR) is 113 cm³/mol. The minimum atomic E-state index is -2.47. The quantitative estimate of drug-likeness (QED) is 0.512. The Labute approximate surface area is 172 Å². The van der Waals surface area contributed by atoms with Gasteiger partial charge in [-0.3, -0.25) is 0 Å². The standard InChI is InChI=1S/C24H31F2NO2/c1-6-27-21-13-20(29-15-22(25)26)11-12-24(21,5)17(4)23(27)18-7-9-19(10-8-18)28-14-16(2)3/h7-11,13,16,22H,6,12,14-15H2,1-5H3. The molecule has 1 heterocycles. The average molecular weight is 404 g/mol. The summed E-state index contributed by atoms with van der Waals surface area (Å²) in [5.41, 5.74) is 4.55. The number of hydrogen-bond acceptors (Lipinski definition) is 3. The molecule has 3 rings (SSSR count). The van der Waals surface area contributed by atoms with Crippen molar-refractivity contribution in [2.45, 2.75) is 47.5 Å². The van der Waals surface area contributed by atoms with Crippen molar-refractivity contribution in [2.24, 2.45) is 11.3 Å². The normalized spacial score (nSPS) is 21.5. The van der Waals surface area contributed by atoms with E-state index in [4.69, 9.17) is 9.47 Å². The fourth-order valence-electron chi connectivity index (χ4n) is 4.00. The number of hydrogen-bond donors (Lipinski definition) is 0. The molecule has 0 aromatic heterocycles. The Hall–Kier alpha value is -2.30. The Kier molecular flexibility index (Phi) is 6.35. The number of allylic oxidation sites excluding steroid dienone is 3. The first-order chi connectivity index (χ1) is 13.8. The number of nitrogens with zero attached hydrogens (tertiary/aromatic N) is 1. The summed E-state index contributed by atoms with van der Waals surface area (Å²) >= 11 is 0. The lowest BCUT2D eigenvalue weighted by atomic mass is 9.76. The molecule has 0 radical (unpaired) electrons. The maximum atomic E-state index is 12.6. The van der Waals surface area contributed by atoms with E-state index in [0.717, 1.165) is 30.0 Å². The van der Waals surface area contributed by atoms with E-state index in [-0.39, 0.29) is 5.41 Å². The lowest BCUT2D eigenvalue weighted by molar-refractivity contribution is 0.0511. The average Bonchev–Trinajstić information content (AvgIpc) is 2.92. The van der Waals surface area contributed by atoms with Gasteiger partial charge in [-0.1, -0.05) is 13.8 Å². The molecule has 5 heteroatoms. The highest BCUT2D eigenvalue weighted by atomic mass is 19.3. The van der Waals surface area contributed by atoms with Gasteiger partial charge in [-0.05, 0) is 74.6 Å². The molecule has 29 heavy (non-hydrogen) atoms. The minimum absolute atomic E-state index is 0.157. The van der Waals surface area contributed by atoms with E-state index in [1.54, 1.807) is 0 Å². The van der Waals surface area contributed by atoms with Gasteiger partial charge in [0.05, 0.1) is 6.61 Å². The molecule has 0 bridgehead atoms. The topological polar surface area (TPSA) is 21.7 Å². The van der Waals surface area contributed by atoms with E-state index in [1.165, 1.54) is 11.3 Å². The molecule has 3 nitrogen and oxygen atoms in total. The third kappa shape index (κ3) is 4.34. The molecule has 158 valence electrons. The third-order valence-electron chi connectivity index (χ3n) is 5.70. The largest absolute Gasteiger partial charge is 0.493 e. The fourth-order valence-corrected chi connectivity index (χ4v) is 4.00. The second-order valence-electron chi connectivity index (χ2n) is 8.32. The monoisotopic (exact) mass is 403 g/mol. The van der Waals surface area contributed by atoms with E-state index < -0.39 is 13.0 Å². The van der Waals surface area contributed by atoms with E-state index in [9.17, 15) is 8.78 Å². The van der Waals surface area contributed by atoms with Crippen LogP contribution in [0.3, 0.4) is 0 Å². The summed E-state index contributed by atoms with van der Waals surface area (Å²) in [5, 5.41) is 0. The Bertz CT molecular complexity index is 824. The molecule has 1 aliphatic heterocycles. The molecule has 1 aromatic carbocycles. The van der Waals surface area contributed by atoms with Gasteiger partial charge in [0, 0.05) is 29.4 Å². The Morgan fingerprint density at radius 3 is 2.38 bits per heavy atom. The summed E-state index contributed by atoms with van der Waals surface area (Å²) in [6.07, 6.45) is 2.11. The number of benzene rings is 1. The van der Waals surface area contributed by atoms with Crippen molar-refractivity contribution in [3.8, 4) is 5.75 Å². The van der Waals surface area contributed by atoms with E-state index in [0.29, 0.717) is 18.3 Å². The van der Waals surface area contributed by atoms with Gasteiger partial charge in [0.15, 0.2) is 0 Å². The molecule has 0 saturated carbocycles. The van der Waals surface area contributed by atoms with Crippen LogP contribution in [-0.2, 0) is 4.74 Å². The molecule has 1 atom stereocenters. The van der Waals surface area contributed by atoms with Crippen LogP contribution in [0.1, 0.15) is 46.6 Å². The lowest BCUT2D eigenvalue weighted by Gasteiger charge is -2.33. The van der Waals surface area contributed by atoms with Crippen LogP contribution in [0.5, 0.6) is 5.75 Å². The molecule has 0 N–H and O–H groups in total. The molecular weight excluding hydrogens is 372 g/mol. The SMILES string of the molecule is CCN1C2=CC(OCC(F)F)=CCC2(C)C(C)=C1c1ccc(OCC(C)C)cc1. The van der Waals surface area contributed by atoms with E-state index >= 15 is 0 Å². The predicted octanol–water partition coefficient (Wildman–Crippen LogP) is 6.25. The van der Waals surface area contributed by atoms with Crippen LogP contribution in [-0.4, -0.2) is 31.1 Å². The highest BCUT2D eigenvalue weighted by molar-refractivity contribution is 5.75. The van der Waals surface area contributed by atoms with Gasteiger partial charge in [0.25, 0.3) is 6.43 Å². The highest BCUT2D eigenvalue weighted by Gasteiger charge is 2.44. The van der Waals surface area contributed by atoms with Crippen molar-refractivity contribution in [3.63, 3.8) is 0 Å². The molecule has 0 amide bonds. The lowest BCUT2D eigenvalue weighted by Crippen LogP contribution is -2.27. The molecule has 0 fully saturated rings. The Morgan fingerprint density at radius 2 is 1.79 bits per heavy atom. The van der Waals surface area contributed by atoms with Crippen molar-refractivity contribution >= 4 is 5.70 Å². The molecule has 2 aliphatic rings. The molecule has 1 unspecified atom stereocenters. The molecule has 1 aliphatic carbocycles. The summed E-state index contributed by atoms with van der Waals surface area (Å²) in [6.45, 7) is 11.7. The van der Waals surface area contributed by atoms with Gasteiger partial charge in [-0.25, -0.2) is 8.78 Å². The van der Waals surface area contributed by atoms with Crippen molar-refractivity contribution in [1.29, 1.82) is 0 Å². The zero-order valence-corrected chi connectivity index (χ0v) is 18.0. The molecule has 0 saturated heterocycles. The van der Waals surface area contributed by atoms with Gasteiger partial charge in [0.1, 0.15) is 18.1 Å². The van der Waals surface area contributed by atoms with E-state index in [2.05, 4.69) is 51.7 Å². The van der Waals surface area contributed by atoms with E-state index in [1.807, 2.05) is 24.3 Å². The third-order valence-corrected chi connectivity index (χ3v) is 5.70. The first-order valence-corrected chi connectivity index (χ1v) is 10.3. The Balaban J connectivity index is 1.88. The van der Waals surface area contributed by atoms with Crippen LogP contribution in [0.2, 0.25) is 0 Å². The summed E-state index contributed by atoms with van der Waals surface area (Å²) in [4.78, 5) is 2.28. The Morgan fingerprint density at radius 1 is 1.10 bits per heavy atom. The molecule has 0 spiro atoms. The summed E-state index contributed by atoms with van der Waals surface area (Å²) in [5.74, 6) is 1.88. The van der Waals surface area contributed by atoms with Crippen LogP contribution < -0.4 is 4.74 Å². The van der Waals surface area contributed by atoms with Gasteiger partial charge in [0.2, 0.25) is 0 Å². The van der Waals surface area contributed by atoms with Crippen LogP contribution in [0.25, 0.3) is 5.70 Å². The summed E-state index contributed by atoms with van der Waals surface area (Å²) in [6, 6.07) is 8.22.